The molecule has 0 spiro atoms. The molecule has 2 heteroatoms. The molecule has 0 amide bonds. The van der Waals surface area contributed by atoms with E-state index in [-0.39, 0.29) is 17.3 Å². The monoisotopic (exact) mass is 306 g/mol. The van der Waals surface area contributed by atoms with E-state index in [1.165, 1.54) is 0 Å². The standard InChI is InChI=1S/C21H22O2/c1-13(2)16-11-8-12-17-19(16)20(22)18(21(23-17)14(3)4)15-9-6-5-7-10-15/h5-14H,1-4H3. The van der Waals surface area contributed by atoms with Crippen molar-refractivity contribution in [2.45, 2.75) is 39.5 Å². The van der Waals surface area contributed by atoms with Crippen LogP contribution in [0.1, 0.15) is 50.9 Å². The van der Waals surface area contributed by atoms with E-state index in [4.69, 9.17) is 4.42 Å². The minimum Gasteiger partial charge on any atom is -0.460 e. The maximum atomic E-state index is 13.3. The van der Waals surface area contributed by atoms with E-state index >= 15 is 0 Å². The Kier molecular flexibility index (Phi) is 4.08. The van der Waals surface area contributed by atoms with E-state index in [0.717, 1.165) is 16.9 Å². The Morgan fingerprint density at radius 1 is 0.826 bits per heavy atom. The second-order valence-corrected chi connectivity index (χ2v) is 6.57. The second-order valence-electron chi connectivity index (χ2n) is 6.57. The summed E-state index contributed by atoms with van der Waals surface area (Å²) >= 11 is 0. The highest BCUT2D eigenvalue weighted by atomic mass is 16.3. The maximum absolute atomic E-state index is 13.3. The maximum Gasteiger partial charge on any atom is 0.201 e. The predicted molar refractivity (Wildman–Crippen MR) is 96.1 cm³/mol. The zero-order chi connectivity index (χ0) is 16.6. The fraction of sp³-hybridized carbons (Fsp3) is 0.286. The third kappa shape index (κ3) is 2.70. The molecule has 0 saturated heterocycles. The van der Waals surface area contributed by atoms with E-state index in [9.17, 15) is 4.79 Å². The predicted octanol–water partition coefficient (Wildman–Crippen LogP) is 5.71. The largest absolute Gasteiger partial charge is 0.460 e. The first-order chi connectivity index (χ1) is 11.0. The molecule has 2 nitrogen and oxygen atoms in total. The van der Waals surface area contributed by atoms with Crippen molar-refractivity contribution < 1.29 is 4.42 Å². The molecule has 0 saturated carbocycles. The third-order valence-electron chi connectivity index (χ3n) is 4.19. The number of benzene rings is 2. The van der Waals surface area contributed by atoms with Gasteiger partial charge >= 0.3 is 0 Å². The Labute approximate surface area is 136 Å². The first-order valence-electron chi connectivity index (χ1n) is 8.15. The highest BCUT2D eigenvalue weighted by Crippen LogP contribution is 2.32. The van der Waals surface area contributed by atoms with Crippen molar-refractivity contribution in [1.29, 1.82) is 0 Å². The van der Waals surface area contributed by atoms with Crippen molar-refractivity contribution in [2.24, 2.45) is 0 Å². The minimum absolute atomic E-state index is 0.0745. The van der Waals surface area contributed by atoms with Crippen LogP contribution < -0.4 is 5.43 Å². The minimum atomic E-state index is 0.0745. The van der Waals surface area contributed by atoms with E-state index in [1.54, 1.807) is 0 Å². The highest BCUT2D eigenvalue weighted by molar-refractivity contribution is 5.86. The van der Waals surface area contributed by atoms with Crippen molar-refractivity contribution in [3.05, 3.63) is 70.1 Å². The van der Waals surface area contributed by atoms with Gasteiger partial charge in [0.2, 0.25) is 5.43 Å². The Hall–Kier alpha value is -2.35. The van der Waals surface area contributed by atoms with Gasteiger partial charge in [0.15, 0.2) is 0 Å². The van der Waals surface area contributed by atoms with Crippen LogP contribution in [-0.2, 0) is 0 Å². The van der Waals surface area contributed by atoms with Gasteiger partial charge in [-0.25, -0.2) is 0 Å². The molecule has 0 bridgehead atoms. The Bertz CT molecular complexity index is 887. The molecule has 0 fully saturated rings. The topological polar surface area (TPSA) is 30.2 Å². The fourth-order valence-corrected chi connectivity index (χ4v) is 3.05. The Balaban J connectivity index is 2.47. The quantitative estimate of drug-likeness (QED) is 0.620. The molecule has 118 valence electrons. The summed E-state index contributed by atoms with van der Waals surface area (Å²) in [5.41, 5.74) is 3.42. The van der Waals surface area contributed by atoms with Crippen molar-refractivity contribution in [2.75, 3.05) is 0 Å². The molecule has 0 aliphatic carbocycles. The van der Waals surface area contributed by atoms with Crippen LogP contribution in [0.3, 0.4) is 0 Å². The van der Waals surface area contributed by atoms with Gasteiger partial charge in [-0.05, 0) is 23.1 Å². The summed E-state index contributed by atoms with van der Waals surface area (Å²) in [6.45, 7) is 8.32. The lowest BCUT2D eigenvalue weighted by Crippen LogP contribution is -2.12. The van der Waals surface area contributed by atoms with Crippen LogP contribution in [0.4, 0.5) is 0 Å². The third-order valence-corrected chi connectivity index (χ3v) is 4.19. The molecule has 0 radical (unpaired) electrons. The van der Waals surface area contributed by atoms with Gasteiger partial charge in [-0.2, -0.15) is 0 Å². The Morgan fingerprint density at radius 3 is 2.13 bits per heavy atom. The lowest BCUT2D eigenvalue weighted by atomic mass is 9.93. The van der Waals surface area contributed by atoms with Crippen LogP contribution in [0.25, 0.3) is 22.1 Å². The number of fused-ring (bicyclic) bond motifs is 1. The van der Waals surface area contributed by atoms with Gasteiger partial charge in [-0.3, -0.25) is 4.79 Å². The normalized spacial score (nSPS) is 11.6. The average Bonchev–Trinajstić information content (AvgIpc) is 2.54. The molecule has 23 heavy (non-hydrogen) atoms. The lowest BCUT2D eigenvalue weighted by molar-refractivity contribution is 0.511. The zero-order valence-corrected chi connectivity index (χ0v) is 14.1. The number of hydrogen-bond acceptors (Lipinski definition) is 2. The molecule has 1 aromatic heterocycles. The fourth-order valence-electron chi connectivity index (χ4n) is 3.05. The van der Waals surface area contributed by atoms with Crippen LogP contribution in [0.15, 0.2) is 57.7 Å². The van der Waals surface area contributed by atoms with Crippen LogP contribution in [0.2, 0.25) is 0 Å². The van der Waals surface area contributed by atoms with E-state index in [2.05, 4.69) is 27.7 Å². The molecule has 0 unspecified atom stereocenters. The Morgan fingerprint density at radius 2 is 1.52 bits per heavy atom. The van der Waals surface area contributed by atoms with Crippen LogP contribution >= 0.6 is 0 Å². The summed E-state index contributed by atoms with van der Waals surface area (Å²) in [5, 5.41) is 0.714. The summed E-state index contributed by atoms with van der Waals surface area (Å²) in [7, 11) is 0. The second kappa shape index (κ2) is 6.04. The smallest absolute Gasteiger partial charge is 0.201 e. The summed E-state index contributed by atoms with van der Waals surface area (Å²) in [6.07, 6.45) is 0. The summed E-state index contributed by atoms with van der Waals surface area (Å²) in [4.78, 5) is 13.3. The SMILES string of the molecule is CC(C)c1oc2cccc(C(C)C)c2c(=O)c1-c1ccccc1. The van der Waals surface area contributed by atoms with Gasteiger partial charge < -0.3 is 4.42 Å². The van der Waals surface area contributed by atoms with Gasteiger partial charge in [0.25, 0.3) is 0 Å². The molecule has 2 aromatic carbocycles. The number of rotatable bonds is 3. The van der Waals surface area contributed by atoms with Crippen molar-refractivity contribution in [3.8, 4) is 11.1 Å². The molecular weight excluding hydrogens is 284 g/mol. The van der Waals surface area contributed by atoms with Gasteiger partial charge in [0, 0.05) is 5.92 Å². The van der Waals surface area contributed by atoms with Crippen LogP contribution in [-0.4, -0.2) is 0 Å². The molecule has 3 rings (SSSR count). The highest BCUT2D eigenvalue weighted by Gasteiger charge is 2.20. The molecule has 3 aromatic rings. The van der Waals surface area contributed by atoms with Gasteiger partial charge in [0.1, 0.15) is 11.3 Å². The summed E-state index contributed by atoms with van der Waals surface area (Å²) in [6, 6.07) is 15.7. The number of hydrogen-bond donors (Lipinski definition) is 0. The van der Waals surface area contributed by atoms with E-state index < -0.39 is 0 Å². The summed E-state index contributed by atoms with van der Waals surface area (Å²) < 4.78 is 6.18. The summed E-state index contributed by atoms with van der Waals surface area (Å²) in [5.74, 6) is 1.18. The van der Waals surface area contributed by atoms with Crippen molar-refractivity contribution >= 4 is 11.0 Å². The molecular formula is C21H22O2. The first-order valence-corrected chi connectivity index (χ1v) is 8.15. The van der Waals surface area contributed by atoms with Gasteiger partial charge in [-0.1, -0.05) is 70.2 Å². The van der Waals surface area contributed by atoms with Crippen molar-refractivity contribution in [3.63, 3.8) is 0 Å². The zero-order valence-electron chi connectivity index (χ0n) is 14.1. The first kappa shape index (κ1) is 15.5. The molecule has 1 heterocycles. The van der Waals surface area contributed by atoms with E-state index in [1.807, 2.05) is 48.5 Å². The average molecular weight is 306 g/mol. The molecule has 0 aliphatic heterocycles. The lowest BCUT2D eigenvalue weighted by Gasteiger charge is -2.15. The van der Waals surface area contributed by atoms with Crippen molar-refractivity contribution in [1.82, 2.24) is 0 Å². The van der Waals surface area contributed by atoms with Crippen LogP contribution in [0.5, 0.6) is 0 Å². The van der Waals surface area contributed by atoms with Crippen LogP contribution in [0, 0.1) is 0 Å². The molecule has 0 atom stereocenters. The van der Waals surface area contributed by atoms with Gasteiger partial charge in [0.05, 0.1) is 10.9 Å². The van der Waals surface area contributed by atoms with Gasteiger partial charge in [-0.15, -0.1) is 0 Å². The molecule has 0 N–H and O–H groups in total. The van der Waals surface area contributed by atoms with E-state index in [0.29, 0.717) is 16.5 Å². The molecule has 0 aliphatic rings.